The Morgan fingerprint density at radius 2 is 2.15 bits per heavy atom. The molecule has 2 aromatic heterocycles. The van der Waals surface area contributed by atoms with E-state index < -0.39 is 5.91 Å². The van der Waals surface area contributed by atoms with Gasteiger partial charge in [-0.05, 0) is 49.8 Å². The summed E-state index contributed by atoms with van der Waals surface area (Å²) < 4.78 is 10.9. The minimum Gasteiger partial charge on any atom is -0.451 e. The van der Waals surface area contributed by atoms with Crippen molar-refractivity contribution in [3.63, 3.8) is 0 Å². The van der Waals surface area contributed by atoms with Gasteiger partial charge < -0.3 is 8.94 Å². The van der Waals surface area contributed by atoms with Crippen molar-refractivity contribution in [2.24, 2.45) is 5.92 Å². The largest absolute Gasteiger partial charge is 0.451 e. The van der Waals surface area contributed by atoms with Crippen molar-refractivity contribution in [2.75, 3.05) is 5.32 Å². The maximum absolute atomic E-state index is 12.6. The third-order valence-corrected chi connectivity index (χ3v) is 5.16. The molecule has 1 aliphatic rings. The average Bonchev–Trinajstić information content (AvgIpc) is 2.98. The first-order valence-corrected chi connectivity index (χ1v) is 8.83. The molecule has 1 aromatic carbocycles. The number of nitrogens with zero attached hydrogens (tertiary/aromatic N) is 1. The van der Waals surface area contributed by atoms with Crippen molar-refractivity contribution in [1.29, 1.82) is 0 Å². The third-order valence-electron chi connectivity index (χ3n) is 4.76. The van der Waals surface area contributed by atoms with E-state index in [1.165, 1.54) is 0 Å². The van der Waals surface area contributed by atoms with Crippen LogP contribution >= 0.6 is 11.6 Å². The fraction of sp³-hybridized carbons (Fsp3) is 0.316. The van der Waals surface area contributed by atoms with Crippen LogP contribution in [0.3, 0.4) is 0 Å². The topological polar surface area (TPSA) is 85.3 Å². The molecule has 0 spiro atoms. The van der Waals surface area contributed by atoms with E-state index in [0.29, 0.717) is 27.8 Å². The number of benzene rings is 1. The summed E-state index contributed by atoms with van der Waals surface area (Å²) in [6.07, 6.45) is 2.68. The van der Waals surface area contributed by atoms with Gasteiger partial charge in [-0.25, -0.2) is 0 Å². The van der Waals surface area contributed by atoms with Crippen LogP contribution in [0.4, 0.5) is 5.88 Å². The van der Waals surface area contributed by atoms with Gasteiger partial charge in [0.2, 0.25) is 5.88 Å². The molecule has 0 unspecified atom stereocenters. The Kier molecular flexibility index (Phi) is 4.07. The van der Waals surface area contributed by atoms with Crippen molar-refractivity contribution in [3.8, 4) is 0 Å². The fourth-order valence-electron chi connectivity index (χ4n) is 3.23. The predicted molar refractivity (Wildman–Crippen MR) is 97.9 cm³/mol. The fourth-order valence-corrected chi connectivity index (χ4v) is 3.40. The van der Waals surface area contributed by atoms with Crippen molar-refractivity contribution >= 4 is 34.4 Å². The van der Waals surface area contributed by atoms with Gasteiger partial charge in [0, 0.05) is 16.7 Å². The van der Waals surface area contributed by atoms with Crippen LogP contribution in [0.1, 0.15) is 40.7 Å². The first-order valence-electron chi connectivity index (χ1n) is 8.45. The zero-order valence-electron chi connectivity index (χ0n) is 14.4. The Balaban J connectivity index is 1.68. The Morgan fingerprint density at radius 1 is 1.35 bits per heavy atom. The SMILES string of the molecule is Cc1cc2oc(C(=O)Nc3onc4c3C[C@H](C)CC4)cc(=O)c2cc1Cl. The van der Waals surface area contributed by atoms with Crippen molar-refractivity contribution < 1.29 is 13.7 Å². The normalized spacial score (nSPS) is 16.5. The molecule has 134 valence electrons. The van der Waals surface area contributed by atoms with Gasteiger partial charge in [-0.2, -0.15) is 0 Å². The minimum atomic E-state index is -0.547. The van der Waals surface area contributed by atoms with E-state index in [1.54, 1.807) is 19.1 Å². The summed E-state index contributed by atoms with van der Waals surface area (Å²) in [5.41, 5.74) is 2.55. The third kappa shape index (κ3) is 2.90. The zero-order chi connectivity index (χ0) is 18.4. The second kappa shape index (κ2) is 6.29. The van der Waals surface area contributed by atoms with Crippen LogP contribution in [0.25, 0.3) is 11.0 Å². The summed E-state index contributed by atoms with van der Waals surface area (Å²) in [7, 11) is 0. The number of aryl methyl sites for hydroxylation is 2. The van der Waals surface area contributed by atoms with E-state index in [9.17, 15) is 9.59 Å². The molecule has 6 nitrogen and oxygen atoms in total. The van der Waals surface area contributed by atoms with E-state index in [2.05, 4.69) is 17.4 Å². The molecule has 0 aliphatic heterocycles. The quantitative estimate of drug-likeness (QED) is 0.731. The van der Waals surface area contributed by atoms with Gasteiger partial charge in [0.05, 0.1) is 11.1 Å². The molecule has 0 saturated heterocycles. The number of rotatable bonds is 2. The number of nitrogens with one attached hydrogen (secondary N) is 1. The molecule has 0 fully saturated rings. The Morgan fingerprint density at radius 3 is 2.96 bits per heavy atom. The van der Waals surface area contributed by atoms with Gasteiger partial charge in [0.25, 0.3) is 5.91 Å². The van der Waals surface area contributed by atoms with Crippen LogP contribution in [0.5, 0.6) is 0 Å². The second-order valence-corrected chi connectivity index (χ2v) is 7.22. The number of halogens is 1. The van der Waals surface area contributed by atoms with Gasteiger partial charge in [0.15, 0.2) is 11.2 Å². The summed E-state index contributed by atoms with van der Waals surface area (Å²) in [6, 6.07) is 4.36. The minimum absolute atomic E-state index is 0.0850. The van der Waals surface area contributed by atoms with E-state index in [0.717, 1.165) is 42.1 Å². The van der Waals surface area contributed by atoms with E-state index in [4.69, 9.17) is 20.5 Å². The summed E-state index contributed by atoms with van der Waals surface area (Å²) in [5, 5.41) is 7.52. The molecule has 1 atom stereocenters. The summed E-state index contributed by atoms with van der Waals surface area (Å²) in [5.74, 6) is 0.197. The molecular weight excluding hydrogens is 356 g/mol. The highest BCUT2D eigenvalue weighted by Crippen LogP contribution is 2.31. The number of carbonyl (C=O) groups excluding carboxylic acids is 1. The first kappa shape index (κ1) is 16.8. The molecule has 0 saturated carbocycles. The molecule has 2 heterocycles. The predicted octanol–water partition coefficient (Wildman–Crippen LogP) is 4.12. The van der Waals surface area contributed by atoms with Gasteiger partial charge in [-0.15, -0.1) is 0 Å². The highest BCUT2D eigenvalue weighted by molar-refractivity contribution is 6.32. The lowest BCUT2D eigenvalue weighted by atomic mass is 9.89. The lowest BCUT2D eigenvalue weighted by Gasteiger charge is -2.16. The maximum Gasteiger partial charge on any atom is 0.293 e. The van der Waals surface area contributed by atoms with Crippen LogP contribution in [-0.2, 0) is 12.8 Å². The molecule has 1 amide bonds. The smallest absolute Gasteiger partial charge is 0.293 e. The number of fused-ring (bicyclic) bond motifs is 2. The van der Waals surface area contributed by atoms with Gasteiger partial charge in [-0.3, -0.25) is 14.9 Å². The molecule has 7 heteroatoms. The monoisotopic (exact) mass is 372 g/mol. The van der Waals surface area contributed by atoms with Crippen molar-refractivity contribution in [2.45, 2.75) is 33.1 Å². The number of hydrogen-bond donors (Lipinski definition) is 1. The van der Waals surface area contributed by atoms with Crippen molar-refractivity contribution in [1.82, 2.24) is 5.16 Å². The Hall–Kier alpha value is -2.60. The van der Waals surface area contributed by atoms with Gasteiger partial charge in [0.1, 0.15) is 5.58 Å². The number of aromatic nitrogens is 1. The van der Waals surface area contributed by atoms with E-state index in [1.807, 2.05) is 0 Å². The lowest BCUT2D eigenvalue weighted by molar-refractivity contribution is 0.0994. The number of hydrogen-bond acceptors (Lipinski definition) is 5. The molecule has 1 aliphatic carbocycles. The molecule has 4 rings (SSSR count). The number of carbonyl (C=O) groups is 1. The van der Waals surface area contributed by atoms with Crippen LogP contribution in [0.15, 0.2) is 31.9 Å². The summed E-state index contributed by atoms with van der Waals surface area (Å²) >= 11 is 6.06. The summed E-state index contributed by atoms with van der Waals surface area (Å²) in [6.45, 7) is 3.95. The summed E-state index contributed by atoms with van der Waals surface area (Å²) in [4.78, 5) is 24.9. The highest BCUT2D eigenvalue weighted by Gasteiger charge is 2.25. The Labute approximate surface area is 154 Å². The van der Waals surface area contributed by atoms with Gasteiger partial charge >= 0.3 is 0 Å². The molecule has 0 radical (unpaired) electrons. The molecule has 0 bridgehead atoms. The van der Waals surface area contributed by atoms with E-state index >= 15 is 0 Å². The zero-order valence-corrected chi connectivity index (χ0v) is 15.1. The highest BCUT2D eigenvalue weighted by atomic mass is 35.5. The second-order valence-electron chi connectivity index (χ2n) is 6.81. The average molecular weight is 373 g/mol. The van der Waals surface area contributed by atoms with Gasteiger partial charge in [-0.1, -0.05) is 23.7 Å². The molecular formula is C19H17ClN2O4. The Bertz CT molecular complexity index is 1080. The number of amides is 1. The van der Waals surface area contributed by atoms with Crippen LogP contribution in [-0.4, -0.2) is 11.1 Å². The first-order chi connectivity index (χ1) is 12.4. The van der Waals surface area contributed by atoms with Crippen molar-refractivity contribution in [3.05, 3.63) is 56.0 Å². The van der Waals surface area contributed by atoms with E-state index in [-0.39, 0.29) is 11.2 Å². The van der Waals surface area contributed by atoms with Crippen LogP contribution in [0.2, 0.25) is 5.02 Å². The maximum atomic E-state index is 12.6. The van der Waals surface area contributed by atoms with Crippen LogP contribution in [0, 0.1) is 12.8 Å². The number of anilines is 1. The lowest BCUT2D eigenvalue weighted by Crippen LogP contribution is -2.17. The molecule has 1 N–H and O–H groups in total. The standard InChI is InChI=1S/C19H17ClN2O4/c1-9-3-4-14-11(5-9)19(26-22-14)21-18(24)17-8-15(23)12-7-13(20)10(2)6-16(12)25-17/h6-9H,3-5H2,1-2H3,(H,21,24)/t9-/m1/s1. The van der Waals surface area contributed by atoms with Crippen LogP contribution < -0.4 is 10.7 Å². The molecule has 26 heavy (non-hydrogen) atoms. The molecule has 3 aromatic rings.